The second-order valence-corrected chi connectivity index (χ2v) is 8.68. The minimum Gasteiger partial charge on any atom is -0.497 e. The highest BCUT2D eigenvalue weighted by Gasteiger charge is 2.29. The van der Waals surface area contributed by atoms with Crippen LogP contribution in [0.4, 0.5) is 14.7 Å². The van der Waals surface area contributed by atoms with Crippen LogP contribution in [0, 0.1) is 11.6 Å². The normalized spacial score (nSPS) is 15.5. The lowest BCUT2D eigenvalue weighted by Crippen LogP contribution is -2.38. The number of aromatic nitrogens is 2. The lowest BCUT2D eigenvalue weighted by molar-refractivity contribution is 0.0727. The van der Waals surface area contributed by atoms with Gasteiger partial charge in [-0.05, 0) is 55.7 Å². The molecule has 0 bridgehead atoms. The zero-order chi connectivity index (χ0) is 24.4. The first-order chi connectivity index (χ1) is 17.0. The van der Waals surface area contributed by atoms with Crippen LogP contribution in [0.3, 0.4) is 0 Å². The molecule has 0 atom stereocenters. The average Bonchev–Trinajstić information content (AvgIpc) is 2.89. The number of anilines is 1. The predicted octanol–water partition coefficient (Wildman–Crippen LogP) is 4.74. The molecule has 0 aliphatic carbocycles. The molecule has 182 valence electrons. The Balaban J connectivity index is 1.47. The van der Waals surface area contributed by atoms with Crippen LogP contribution in [0.15, 0.2) is 42.5 Å². The van der Waals surface area contributed by atoms with Gasteiger partial charge in [-0.1, -0.05) is 0 Å². The van der Waals surface area contributed by atoms with Crippen LogP contribution in [-0.2, 0) is 13.0 Å². The molecule has 3 heterocycles. The molecule has 7 nitrogen and oxygen atoms in total. The van der Waals surface area contributed by atoms with Crippen molar-refractivity contribution in [1.29, 1.82) is 0 Å². The molecule has 0 radical (unpaired) electrons. The summed E-state index contributed by atoms with van der Waals surface area (Å²) in [5, 5.41) is 0. The summed E-state index contributed by atoms with van der Waals surface area (Å²) < 4.78 is 39.0. The van der Waals surface area contributed by atoms with E-state index in [1.807, 2.05) is 0 Å². The highest BCUT2D eigenvalue weighted by atomic mass is 19.1. The maximum atomic E-state index is 14.3. The molecule has 35 heavy (non-hydrogen) atoms. The molecule has 2 aliphatic rings. The second kappa shape index (κ2) is 9.85. The van der Waals surface area contributed by atoms with Gasteiger partial charge in [0.05, 0.1) is 30.5 Å². The summed E-state index contributed by atoms with van der Waals surface area (Å²) in [4.78, 5) is 26.3. The van der Waals surface area contributed by atoms with Crippen molar-refractivity contribution < 1.29 is 23.0 Å². The highest BCUT2D eigenvalue weighted by molar-refractivity contribution is 5.94. The van der Waals surface area contributed by atoms with E-state index in [4.69, 9.17) is 19.4 Å². The van der Waals surface area contributed by atoms with Crippen LogP contribution in [0.5, 0.6) is 17.4 Å². The van der Waals surface area contributed by atoms with E-state index in [9.17, 15) is 13.6 Å². The van der Waals surface area contributed by atoms with Crippen molar-refractivity contribution in [2.24, 2.45) is 0 Å². The molecule has 1 amide bonds. The number of ether oxygens (including phenoxy) is 2. The smallest absolute Gasteiger partial charge is 0.257 e. The maximum absolute atomic E-state index is 14.3. The van der Waals surface area contributed by atoms with Crippen molar-refractivity contribution in [1.82, 2.24) is 14.9 Å². The number of methoxy groups -OCH3 is 1. The SMILES string of the molecule is COc1ccc(Oc2nc(N3CCCCC3)nc3c2CN(C(=O)c2ccc(F)cc2F)CC3)cc1. The molecule has 0 spiro atoms. The van der Waals surface area contributed by atoms with Gasteiger partial charge >= 0.3 is 0 Å². The molecule has 0 saturated carbocycles. The van der Waals surface area contributed by atoms with Crippen molar-refractivity contribution >= 4 is 11.9 Å². The van der Waals surface area contributed by atoms with Crippen molar-refractivity contribution in [3.63, 3.8) is 0 Å². The van der Waals surface area contributed by atoms with Crippen LogP contribution in [0.25, 0.3) is 0 Å². The topological polar surface area (TPSA) is 67.8 Å². The molecule has 0 unspecified atom stereocenters. The van der Waals surface area contributed by atoms with Gasteiger partial charge in [0.1, 0.15) is 23.1 Å². The molecule has 3 aromatic rings. The lowest BCUT2D eigenvalue weighted by Gasteiger charge is -2.32. The standard InChI is InChI=1S/C26H26F2N4O3/c1-34-18-6-8-19(9-7-18)35-24-21-16-32(25(33)20-10-5-17(27)15-22(20)28)14-11-23(21)29-26(30-24)31-12-3-2-4-13-31/h5-10,15H,2-4,11-14,16H2,1H3. The minimum atomic E-state index is -0.882. The maximum Gasteiger partial charge on any atom is 0.257 e. The number of piperidine rings is 1. The Labute approximate surface area is 202 Å². The number of carbonyl (C=O) groups is 1. The molecule has 0 N–H and O–H groups in total. The third-order valence-electron chi connectivity index (χ3n) is 6.37. The average molecular weight is 481 g/mol. The monoisotopic (exact) mass is 480 g/mol. The number of carbonyl (C=O) groups excluding carboxylic acids is 1. The summed E-state index contributed by atoms with van der Waals surface area (Å²) in [6.07, 6.45) is 3.83. The number of hydrogen-bond acceptors (Lipinski definition) is 6. The Morgan fingerprint density at radius 2 is 1.69 bits per heavy atom. The van der Waals surface area contributed by atoms with E-state index in [1.165, 1.54) is 17.4 Å². The summed E-state index contributed by atoms with van der Waals surface area (Å²) in [6.45, 7) is 2.29. The van der Waals surface area contributed by atoms with Gasteiger partial charge in [-0.3, -0.25) is 4.79 Å². The van der Waals surface area contributed by atoms with Crippen LogP contribution >= 0.6 is 0 Å². The lowest BCUT2D eigenvalue weighted by atomic mass is 10.0. The van der Waals surface area contributed by atoms with Gasteiger partial charge in [0.2, 0.25) is 11.8 Å². The first-order valence-electron chi connectivity index (χ1n) is 11.7. The van der Waals surface area contributed by atoms with Crippen LogP contribution in [-0.4, -0.2) is 47.5 Å². The molecular weight excluding hydrogens is 454 g/mol. The number of nitrogens with zero attached hydrogens (tertiary/aromatic N) is 4. The first-order valence-corrected chi connectivity index (χ1v) is 11.7. The van der Waals surface area contributed by atoms with E-state index in [0.29, 0.717) is 41.9 Å². The number of hydrogen-bond donors (Lipinski definition) is 0. The summed E-state index contributed by atoms with van der Waals surface area (Å²) in [5.41, 5.74) is 1.33. The van der Waals surface area contributed by atoms with Crippen LogP contribution in [0.1, 0.15) is 40.9 Å². The Kier molecular flexibility index (Phi) is 6.48. The van der Waals surface area contributed by atoms with Gasteiger partial charge in [-0.25, -0.2) is 13.8 Å². The van der Waals surface area contributed by atoms with Crippen molar-refractivity contribution in [2.75, 3.05) is 31.6 Å². The molecule has 1 fully saturated rings. The van der Waals surface area contributed by atoms with Crippen molar-refractivity contribution in [2.45, 2.75) is 32.2 Å². The van der Waals surface area contributed by atoms with Gasteiger partial charge in [0.25, 0.3) is 5.91 Å². The number of rotatable bonds is 5. The quantitative estimate of drug-likeness (QED) is 0.525. The number of halogens is 2. The van der Waals surface area contributed by atoms with E-state index in [1.54, 1.807) is 31.4 Å². The summed E-state index contributed by atoms with van der Waals surface area (Å²) >= 11 is 0. The van der Waals surface area contributed by atoms with E-state index in [-0.39, 0.29) is 12.1 Å². The largest absolute Gasteiger partial charge is 0.497 e. The van der Waals surface area contributed by atoms with E-state index < -0.39 is 17.5 Å². The fraction of sp³-hybridized carbons (Fsp3) is 0.346. The van der Waals surface area contributed by atoms with Crippen LogP contribution in [0.2, 0.25) is 0 Å². The molecule has 1 aromatic heterocycles. The third-order valence-corrected chi connectivity index (χ3v) is 6.37. The predicted molar refractivity (Wildman–Crippen MR) is 126 cm³/mol. The summed E-state index contributed by atoms with van der Waals surface area (Å²) in [6, 6.07) is 10.1. The van der Waals surface area contributed by atoms with E-state index >= 15 is 0 Å². The number of benzene rings is 2. The highest BCUT2D eigenvalue weighted by Crippen LogP contribution is 2.33. The van der Waals surface area contributed by atoms with Gasteiger partial charge in [-0.2, -0.15) is 4.98 Å². The molecule has 2 aliphatic heterocycles. The second-order valence-electron chi connectivity index (χ2n) is 8.68. The molecule has 9 heteroatoms. The molecule has 2 aromatic carbocycles. The third kappa shape index (κ3) is 4.89. The Hall–Kier alpha value is -3.75. The fourth-order valence-electron chi connectivity index (χ4n) is 4.45. The van der Waals surface area contributed by atoms with Gasteiger partial charge in [-0.15, -0.1) is 0 Å². The minimum absolute atomic E-state index is 0.163. The van der Waals surface area contributed by atoms with Crippen molar-refractivity contribution in [3.05, 3.63) is 70.9 Å². The van der Waals surface area contributed by atoms with Gasteiger partial charge in [0, 0.05) is 32.1 Å². The molecular formula is C26H26F2N4O3. The summed E-state index contributed by atoms with van der Waals surface area (Å²) in [7, 11) is 1.59. The zero-order valence-corrected chi connectivity index (χ0v) is 19.5. The summed E-state index contributed by atoms with van der Waals surface area (Å²) in [5.74, 6) is 0.153. The van der Waals surface area contributed by atoms with Gasteiger partial charge in [0.15, 0.2) is 0 Å². The zero-order valence-electron chi connectivity index (χ0n) is 19.5. The van der Waals surface area contributed by atoms with E-state index in [0.717, 1.165) is 43.8 Å². The Morgan fingerprint density at radius 3 is 2.40 bits per heavy atom. The van der Waals surface area contributed by atoms with E-state index in [2.05, 4.69) is 4.90 Å². The number of fused-ring (bicyclic) bond motifs is 1. The first kappa shape index (κ1) is 23.0. The van der Waals surface area contributed by atoms with Crippen molar-refractivity contribution in [3.8, 4) is 17.4 Å². The number of amides is 1. The Morgan fingerprint density at radius 1 is 0.943 bits per heavy atom. The Bertz CT molecular complexity index is 1230. The van der Waals surface area contributed by atoms with Gasteiger partial charge < -0.3 is 19.3 Å². The molecule has 1 saturated heterocycles. The molecule has 5 rings (SSSR count). The fourth-order valence-corrected chi connectivity index (χ4v) is 4.45. The van der Waals surface area contributed by atoms with Crippen LogP contribution < -0.4 is 14.4 Å².